The van der Waals surface area contributed by atoms with Crippen LogP contribution in [0.15, 0.2) is 54.7 Å². The van der Waals surface area contributed by atoms with Crippen molar-refractivity contribution >= 4 is 47.0 Å². The number of unbranched alkanes of at least 4 members (excludes halogenated alkanes) is 2. The molecule has 1 aromatic heterocycles. The van der Waals surface area contributed by atoms with Crippen molar-refractivity contribution in [3.63, 3.8) is 0 Å². The number of hydrogen-bond donors (Lipinski definition) is 2. The third-order valence-electron chi connectivity index (χ3n) is 11.9. The van der Waals surface area contributed by atoms with Crippen LogP contribution in [-0.4, -0.2) is 102 Å². The molecule has 2 saturated heterocycles. The van der Waals surface area contributed by atoms with Crippen LogP contribution >= 0.6 is 11.6 Å². The molecule has 3 aromatic rings. The zero-order chi connectivity index (χ0) is 41.4. The van der Waals surface area contributed by atoms with Crippen molar-refractivity contribution in [3.8, 4) is 17.6 Å². The fourth-order valence-corrected chi connectivity index (χ4v) is 9.28. The van der Waals surface area contributed by atoms with E-state index in [0.717, 1.165) is 62.7 Å². The summed E-state index contributed by atoms with van der Waals surface area (Å²) in [6.07, 6.45) is 4.43. The molecule has 304 valence electrons. The van der Waals surface area contributed by atoms with Crippen molar-refractivity contribution in [2.24, 2.45) is 10.8 Å². The Kier molecular flexibility index (Phi) is 11.5. The zero-order valence-electron chi connectivity index (χ0n) is 33.2. The molecule has 58 heavy (non-hydrogen) atoms. The molecule has 3 fully saturated rings. The molecule has 1 atom stereocenters. The minimum Gasteiger partial charge on any atom is -0.494 e. The van der Waals surface area contributed by atoms with Crippen LogP contribution in [0.1, 0.15) is 96.4 Å². The normalized spacial score (nSPS) is 22.4. The summed E-state index contributed by atoms with van der Waals surface area (Å²) in [7, 11) is 0. The van der Waals surface area contributed by atoms with Crippen LogP contribution in [0.25, 0.3) is 0 Å². The van der Waals surface area contributed by atoms with Crippen LogP contribution in [0, 0.1) is 22.2 Å². The number of imide groups is 2. The van der Waals surface area contributed by atoms with Crippen LogP contribution in [0.2, 0.25) is 5.02 Å². The summed E-state index contributed by atoms with van der Waals surface area (Å²) in [5, 5.41) is 15.0. The molecule has 0 spiro atoms. The van der Waals surface area contributed by atoms with Gasteiger partial charge in [-0.1, -0.05) is 39.3 Å². The van der Waals surface area contributed by atoms with Crippen LogP contribution in [-0.2, 0) is 9.59 Å². The van der Waals surface area contributed by atoms with Gasteiger partial charge in [-0.3, -0.25) is 39.1 Å². The fraction of sp³-hybridized carbons (Fsp3) is 0.465. The monoisotopic (exact) mass is 809 g/mol. The molecule has 0 bridgehead atoms. The smallest absolute Gasteiger partial charge is 0.262 e. The Labute approximate surface area is 342 Å². The SMILES string of the molecule is CC1(C)C(NC(=O)c2ccc(N3CCN(CCCCCOc4ccc5c(c4)C(=O)N([C@@H]4CCC(=O)NC4=O)C5=O)CC3)nc2)C(C)(C)C1Oc1ccc(C#N)c(Cl)c1. The second kappa shape index (κ2) is 16.4. The largest absolute Gasteiger partial charge is 0.494 e. The van der Waals surface area contributed by atoms with E-state index in [9.17, 15) is 29.2 Å². The predicted molar refractivity (Wildman–Crippen MR) is 215 cm³/mol. The van der Waals surface area contributed by atoms with Crippen LogP contribution < -0.4 is 25.0 Å². The van der Waals surface area contributed by atoms with E-state index in [1.165, 1.54) is 0 Å². The first-order valence-electron chi connectivity index (χ1n) is 19.8. The van der Waals surface area contributed by atoms with Crippen molar-refractivity contribution < 1.29 is 33.4 Å². The van der Waals surface area contributed by atoms with Gasteiger partial charge in [0.2, 0.25) is 11.8 Å². The van der Waals surface area contributed by atoms with Crippen LogP contribution in [0.5, 0.6) is 11.5 Å². The van der Waals surface area contributed by atoms with Crippen molar-refractivity contribution in [2.75, 3.05) is 44.2 Å². The van der Waals surface area contributed by atoms with E-state index in [0.29, 0.717) is 34.3 Å². The summed E-state index contributed by atoms with van der Waals surface area (Å²) in [5.74, 6) is -0.404. The Hall–Kier alpha value is -5.52. The molecule has 1 saturated carbocycles. The Morgan fingerprint density at radius 1 is 0.931 bits per heavy atom. The van der Waals surface area contributed by atoms with Gasteiger partial charge in [0.05, 0.1) is 33.9 Å². The van der Waals surface area contributed by atoms with Gasteiger partial charge >= 0.3 is 0 Å². The number of halogens is 1. The zero-order valence-corrected chi connectivity index (χ0v) is 33.9. The van der Waals surface area contributed by atoms with E-state index in [4.69, 9.17) is 21.1 Å². The first-order valence-corrected chi connectivity index (χ1v) is 20.2. The summed E-state index contributed by atoms with van der Waals surface area (Å²) in [4.78, 5) is 73.5. The summed E-state index contributed by atoms with van der Waals surface area (Å²) < 4.78 is 12.3. The minimum absolute atomic E-state index is 0.0723. The van der Waals surface area contributed by atoms with Gasteiger partial charge in [0, 0.05) is 61.7 Å². The maximum absolute atomic E-state index is 13.4. The Morgan fingerprint density at radius 3 is 2.33 bits per heavy atom. The number of anilines is 1. The first-order chi connectivity index (χ1) is 27.7. The molecule has 15 heteroatoms. The fourth-order valence-electron chi connectivity index (χ4n) is 9.06. The van der Waals surface area contributed by atoms with E-state index in [1.54, 1.807) is 42.6 Å². The molecule has 0 radical (unpaired) electrons. The van der Waals surface area contributed by atoms with Crippen molar-refractivity contribution in [3.05, 3.63) is 82.0 Å². The number of pyridine rings is 1. The number of benzene rings is 2. The summed E-state index contributed by atoms with van der Waals surface area (Å²) in [6.45, 7) is 13.2. The second-order valence-electron chi connectivity index (χ2n) is 16.6. The molecule has 2 N–H and O–H groups in total. The highest BCUT2D eigenvalue weighted by molar-refractivity contribution is 6.31. The number of aromatic nitrogens is 1. The topological polar surface area (TPSA) is 174 Å². The number of amides is 5. The number of nitrogens with one attached hydrogen (secondary N) is 2. The molecule has 3 aliphatic heterocycles. The Morgan fingerprint density at radius 2 is 1.66 bits per heavy atom. The highest BCUT2D eigenvalue weighted by Crippen LogP contribution is 2.55. The number of fused-ring (bicyclic) bond motifs is 1. The molecule has 7 rings (SSSR count). The lowest BCUT2D eigenvalue weighted by molar-refractivity contribution is -0.164. The van der Waals surface area contributed by atoms with E-state index >= 15 is 0 Å². The van der Waals surface area contributed by atoms with Crippen molar-refractivity contribution in [1.82, 2.24) is 25.4 Å². The summed E-state index contributed by atoms with van der Waals surface area (Å²) in [6, 6.07) is 14.5. The van der Waals surface area contributed by atoms with E-state index in [1.807, 2.05) is 12.1 Å². The predicted octanol–water partition coefficient (Wildman–Crippen LogP) is 4.99. The lowest BCUT2D eigenvalue weighted by atomic mass is 9.49. The number of hydrogen-bond acceptors (Lipinski definition) is 11. The molecule has 4 aliphatic rings. The molecule has 4 heterocycles. The van der Waals surface area contributed by atoms with Crippen molar-refractivity contribution in [1.29, 1.82) is 5.26 Å². The number of ether oxygens (including phenoxy) is 2. The van der Waals surface area contributed by atoms with Gasteiger partial charge in [-0.15, -0.1) is 0 Å². The Balaban J connectivity index is 0.807. The number of piperazine rings is 1. The van der Waals surface area contributed by atoms with Gasteiger partial charge in [-0.2, -0.15) is 5.26 Å². The Bertz CT molecular complexity index is 2140. The first kappa shape index (κ1) is 40.7. The van der Waals surface area contributed by atoms with Gasteiger partial charge in [0.15, 0.2) is 0 Å². The number of carbonyl (C=O) groups excluding carboxylic acids is 5. The minimum atomic E-state index is -0.999. The van der Waals surface area contributed by atoms with Crippen molar-refractivity contribution in [2.45, 2.75) is 78.0 Å². The maximum Gasteiger partial charge on any atom is 0.262 e. The molecule has 2 aromatic carbocycles. The lowest BCUT2D eigenvalue weighted by Gasteiger charge is -2.63. The van der Waals surface area contributed by atoms with Gasteiger partial charge in [0.1, 0.15) is 35.5 Å². The summed E-state index contributed by atoms with van der Waals surface area (Å²) in [5.41, 5.74) is 0.573. The number of carbonyl (C=O) groups is 5. The van der Waals surface area contributed by atoms with Gasteiger partial charge in [0.25, 0.3) is 17.7 Å². The highest BCUT2D eigenvalue weighted by Gasteiger charge is 2.64. The van der Waals surface area contributed by atoms with Gasteiger partial charge in [-0.25, -0.2) is 4.98 Å². The van der Waals surface area contributed by atoms with E-state index in [2.05, 4.69) is 59.2 Å². The van der Waals surface area contributed by atoms with Gasteiger partial charge < -0.3 is 19.7 Å². The number of nitrogens with zero attached hydrogens (tertiary/aromatic N) is 5. The van der Waals surface area contributed by atoms with E-state index in [-0.39, 0.29) is 52.9 Å². The standard InChI is InChI=1S/C43H48ClN7O7/c1-42(2)40(43(3,4)41(42)58-29-10-8-26(24-45)32(44)23-29)48-36(53)27-9-14-34(46-25-27)50-19-17-49(18-20-50)16-6-5-7-21-57-28-11-12-30-31(22-28)39(56)51(38(30)55)33-13-15-35(52)47-37(33)54/h8-12,14,22-23,25,33,40-41H,5-7,13,15-21H2,1-4H3,(H,48,53)(H,47,52,54)/t33-,40?,41?/m1/s1. The average Bonchev–Trinajstić information content (AvgIpc) is 3.45. The molecule has 14 nitrogen and oxygen atoms in total. The molecule has 1 aliphatic carbocycles. The number of piperidine rings is 1. The number of rotatable bonds is 13. The lowest BCUT2D eigenvalue weighted by Crippen LogP contribution is -2.74. The third kappa shape index (κ3) is 7.98. The maximum atomic E-state index is 13.4. The van der Waals surface area contributed by atoms with Crippen LogP contribution in [0.3, 0.4) is 0 Å². The number of nitriles is 1. The molecular weight excluding hydrogens is 762 g/mol. The van der Waals surface area contributed by atoms with E-state index < -0.39 is 29.7 Å². The molecule has 0 unspecified atom stereocenters. The summed E-state index contributed by atoms with van der Waals surface area (Å²) >= 11 is 6.23. The molecule has 5 amide bonds. The quantitative estimate of drug-likeness (QED) is 0.176. The molecular formula is C43H48ClN7O7. The average molecular weight is 810 g/mol. The van der Waals surface area contributed by atoms with Gasteiger partial charge in [-0.05, 0) is 74.7 Å². The van der Waals surface area contributed by atoms with Crippen LogP contribution in [0.4, 0.5) is 5.82 Å². The third-order valence-corrected chi connectivity index (χ3v) is 12.2. The highest BCUT2D eigenvalue weighted by atomic mass is 35.5. The second-order valence-corrected chi connectivity index (χ2v) is 17.0.